The molecule has 9 heteroatoms. The van der Waals surface area contributed by atoms with Gasteiger partial charge in [-0.25, -0.2) is 8.42 Å². The van der Waals surface area contributed by atoms with Crippen molar-refractivity contribution in [3.05, 3.63) is 29.8 Å². The van der Waals surface area contributed by atoms with Crippen LogP contribution in [-0.2, 0) is 16.2 Å². The van der Waals surface area contributed by atoms with Crippen molar-refractivity contribution < 1.29 is 21.6 Å². The molecule has 0 bridgehead atoms. The number of hydrogen-bond donors (Lipinski definition) is 0. The van der Waals surface area contributed by atoms with E-state index in [0.717, 1.165) is 24.3 Å². The lowest BCUT2D eigenvalue weighted by Gasteiger charge is -2.34. The Morgan fingerprint density at radius 3 is 2.17 bits per heavy atom. The summed E-state index contributed by atoms with van der Waals surface area (Å²) in [5.74, 6) is -0.136. The van der Waals surface area contributed by atoms with Crippen molar-refractivity contribution in [3.8, 4) is 6.07 Å². The molecule has 1 saturated heterocycles. The third kappa shape index (κ3) is 4.26. The van der Waals surface area contributed by atoms with E-state index in [1.807, 2.05) is 4.90 Å². The molecule has 0 N–H and O–H groups in total. The van der Waals surface area contributed by atoms with Crippen LogP contribution in [0.1, 0.15) is 12.5 Å². The van der Waals surface area contributed by atoms with Gasteiger partial charge in [-0.05, 0) is 31.2 Å². The molecular weight excluding hydrogens is 343 g/mol. The summed E-state index contributed by atoms with van der Waals surface area (Å²) in [6.45, 7) is 3.86. The van der Waals surface area contributed by atoms with E-state index in [4.69, 9.17) is 5.26 Å². The lowest BCUT2D eigenvalue weighted by atomic mass is 10.2. The van der Waals surface area contributed by atoms with Crippen molar-refractivity contribution in [2.75, 3.05) is 32.7 Å². The van der Waals surface area contributed by atoms with Gasteiger partial charge in [-0.2, -0.15) is 22.7 Å². The summed E-state index contributed by atoms with van der Waals surface area (Å²) >= 11 is 0. The minimum Gasteiger partial charge on any atom is -0.299 e. The van der Waals surface area contributed by atoms with Gasteiger partial charge in [0.25, 0.3) is 0 Å². The maximum Gasteiger partial charge on any atom is 0.416 e. The molecule has 0 amide bonds. The first kappa shape index (κ1) is 18.7. The SMILES string of the molecule is C[C@H](C#N)CN1CCN(S(=O)(=O)c2ccc(C(F)(F)F)cc2)CC1. The van der Waals surface area contributed by atoms with Crippen LogP contribution in [0, 0.1) is 17.2 Å². The molecule has 1 atom stereocenters. The van der Waals surface area contributed by atoms with Crippen LogP contribution in [0.3, 0.4) is 0 Å². The van der Waals surface area contributed by atoms with E-state index < -0.39 is 21.8 Å². The summed E-state index contributed by atoms with van der Waals surface area (Å²) in [5.41, 5.74) is -0.878. The van der Waals surface area contributed by atoms with Crippen molar-refractivity contribution in [2.45, 2.75) is 18.0 Å². The second-order valence-electron chi connectivity index (χ2n) is 5.76. The third-order valence-electron chi connectivity index (χ3n) is 3.90. The molecular formula is C15H18F3N3O2S. The number of nitriles is 1. The average molecular weight is 361 g/mol. The van der Waals surface area contributed by atoms with Gasteiger partial charge in [-0.3, -0.25) is 4.90 Å². The lowest BCUT2D eigenvalue weighted by molar-refractivity contribution is -0.137. The van der Waals surface area contributed by atoms with Crippen LogP contribution in [0.15, 0.2) is 29.2 Å². The third-order valence-corrected chi connectivity index (χ3v) is 5.82. The number of rotatable bonds is 4. The van der Waals surface area contributed by atoms with Crippen LogP contribution in [-0.4, -0.2) is 50.3 Å². The summed E-state index contributed by atoms with van der Waals surface area (Å²) in [4.78, 5) is 1.86. The Labute approximate surface area is 139 Å². The molecule has 1 aliphatic heterocycles. The van der Waals surface area contributed by atoms with E-state index in [1.165, 1.54) is 4.31 Å². The quantitative estimate of drug-likeness (QED) is 0.825. The molecule has 1 heterocycles. The van der Waals surface area contributed by atoms with Crippen molar-refractivity contribution in [1.29, 1.82) is 5.26 Å². The molecule has 0 aliphatic carbocycles. The van der Waals surface area contributed by atoms with Crippen LogP contribution in [0.5, 0.6) is 0 Å². The van der Waals surface area contributed by atoms with Gasteiger partial charge in [0.1, 0.15) is 0 Å². The molecule has 1 aliphatic rings. The molecule has 0 unspecified atom stereocenters. The Hall–Kier alpha value is -1.63. The zero-order valence-electron chi connectivity index (χ0n) is 13.1. The fraction of sp³-hybridized carbons (Fsp3) is 0.533. The van der Waals surface area contributed by atoms with Crippen molar-refractivity contribution in [1.82, 2.24) is 9.21 Å². The number of halogens is 3. The standard InChI is InChI=1S/C15H18F3N3O2S/c1-12(10-19)11-20-6-8-21(9-7-20)24(22,23)14-4-2-13(3-5-14)15(16,17)18/h2-5,12H,6-9,11H2,1H3/t12-/m1/s1. The van der Waals surface area contributed by atoms with Crippen LogP contribution in [0.25, 0.3) is 0 Å². The van der Waals surface area contributed by atoms with Gasteiger partial charge >= 0.3 is 6.18 Å². The summed E-state index contributed by atoms with van der Waals surface area (Å²) in [5, 5.41) is 8.81. The van der Waals surface area contributed by atoms with Gasteiger partial charge in [0.2, 0.25) is 10.0 Å². The second-order valence-corrected chi connectivity index (χ2v) is 7.69. The molecule has 1 aromatic carbocycles. The first-order valence-electron chi connectivity index (χ1n) is 7.44. The number of alkyl halides is 3. The highest BCUT2D eigenvalue weighted by Gasteiger charge is 2.32. The zero-order chi connectivity index (χ0) is 18.0. The van der Waals surface area contributed by atoms with Crippen molar-refractivity contribution in [3.63, 3.8) is 0 Å². The van der Waals surface area contributed by atoms with E-state index in [-0.39, 0.29) is 23.9 Å². The van der Waals surface area contributed by atoms with Gasteiger partial charge < -0.3 is 0 Å². The molecule has 5 nitrogen and oxygen atoms in total. The molecule has 24 heavy (non-hydrogen) atoms. The Morgan fingerprint density at radius 1 is 1.17 bits per heavy atom. The monoisotopic (exact) mass is 361 g/mol. The molecule has 0 radical (unpaired) electrons. The van der Waals surface area contributed by atoms with Gasteiger partial charge in [0.05, 0.1) is 22.4 Å². The molecule has 132 valence electrons. The minimum absolute atomic E-state index is 0.136. The Bertz CT molecular complexity index is 703. The average Bonchev–Trinajstić information content (AvgIpc) is 2.54. The fourth-order valence-electron chi connectivity index (χ4n) is 2.55. The maximum absolute atomic E-state index is 12.6. The molecule has 0 aromatic heterocycles. The largest absolute Gasteiger partial charge is 0.416 e. The van der Waals surface area contributed by atoms with Crippen LogP contribution in [0.4, 0.5) is 13.2 Å². The summed E-state index contributed by atoms with van der Waals surface area (Å²) in [6, 6.07) is 5.66. The Balaban J connectivity index is 2.05. The summed E-state index contributed by atoms with van der Waals surface area (Å²) < 4.78 is 64.0. The van der Waals surface area contributed by atoms with Crippen LogP contribution in [0.2, 0.25) is 0 Å². The highest BCUT2D eigenvalue weighted by Crippen LogP contribution is 2.30. The first-order chi connectivity index (χ1) is 11.1. The molecule has 2 rings (SSSR count). The maximum atomic E-state index is 12.6. The topological polar surface area (TPSA) is 64.4 Å². The Morgan fingerprint density at radius 2 is 1.71 bits per heavy atom. The van der Waals surface area contributed by atoms with E-state index in [1.54, 1.807) is 6.92 Å². The van der Waals surface area contributed by atoms with Gasteiger partial charge in [0, 0.05) is 32.7 Å². The molecule has 0 saturated carbocycles. The number of piperazine rings is 1. The molecule has 1 fully saturated rings. The van der Waals surface area contributed by atoms with Crippen molar-refractivity contribution in [2.24, 2.45) is 5.92 Å². The molecule has 1 aromatic rings. The molecule has 0 spiro atoms. The number of hydrogen-bond acceptors (Lipinski definition) is 4. The summed E-state index contributed by atoms with van der Waals surface area (Å²) in [6.07, 6.45) is -4.49. The second kappa shape index (κ2) is 7.09. The fourth-order valence-corrected chi connectivity index (χ4v) is 3.97. The van der Waals surface area contributed by atoms with Crippen molar-refractivity contribution >= 4 is 10.0 Å². The predicted octanol–water partition coefficient (Wildman–Crippen LogP) is 2.17. The van der Waals surface area contributed by atoms with Gasteiger partial charge in [-0.1, -0.05) is 0 Å². The highest BCUT2D eigenvalue weighted by atomic mass is 32.2. The summed E-state index contributed by atoms with van der Waals surface area (Å²) in [7, 11) is -3.81. The normalized spacial score (nSPS) is 19.0. The van der Waals surface area contributed by atoms with E-state index in [9.17, 15) is 21.6 Å². The number of benzene rings is 1. The smallest absolute Gasteiger partial charge is 0.299 e. The van der Waals surface area contributed by atoms with Gasteiger partial charge in [0.15, 0.2) is 0 Å². The minimum atomic E-state index is -4.49. The lowest BCUT2D eigenvalue weighted by Crippen LogP contribution is -2.49. The number of sulfonamides is 1. The first-order valence-corrected chi connectivity index (χ1v) is 8.88. The predicted molar refractivity (Wildman–Crippen MR) is 81.4 cm³/mol. The zero-order valence-corrected chi connectivity index (χ0v) is 13.9. The van der Waals surface area contributed by atoms with Gasteiger partial charge in [-0.15, -0.1) is 0 Å². The van der Waals surface area contributed by atoms with Crippen LogP contribution < -0.4 is 0 Å². The van der Waals surface area contributed by atoms with E-state index in [0.29, 0.717) is 19.6 Å². The Kier molecular flexibility index (Phi) is 5.52. The number of nitrogens with zero attached hydrogens (tertiary/aromatic N) is 3. The van der Waals surface area contributed by atoms with Crippen LogP contribution >= 0.6 is 0 Å². The highest BCUT2D eigenvalue weighted by molar-refractivity contribution is 7.89. The van der Waals surface area contributed by atoms with E-state index in [2.05, 4.69) is 6.07 Å². The van der Waals surface area contributed by atoms with E-state index >= 15 is 0 Å².